The van der Waals surface area contributed by atoms with Gasteiger partial charge in [0.15, 0.2) is 0 Å². The van der Waals surface area contributed by atoms with Crippen LogP contribution in [0.3, 0.4) is 0 Å². The van der Waals surface area contributed by atoms with E-state index in [4.69, 9.17) is 9.47 Å². The highest BCUT2D eigenvalue weighted by atomic mass is 16.6. The topological polar surface area (TPSA) is 71.9 Å². The SMILES string of the molecule is COc1ccc(C(=[N+]=[N-])C(=O)O[C@@]2(c3ccccc3)C[C@@H]3CCCC[C@H]32)cc1. The largest absolute Gasteiger partial charge is 0.497 e. The van der Waals surface area contributed by atoms with Gasteiger partial charge in [0.25, 0.3) is 0 Å². The van der Waals surface area contributed by atoms with Gasteiger partial charge in [-0.1, -0.05) is 43.2 Å². The normalized spacial score (nSPS) is 25.6. The zero-order chi connectivity index (χ0) is 19.6. The minimum atomic E-state index is -0.633. The van der Waals surface area contributed by atoms with E-state index in [-0.39, 0.29) is 5.71 Å². The van der Waals surface area contributed by atoms with Crippen molar-refractivity contribution in [2.75, 3.05) is 7.11 Å². The second-order valence-corrected chi connectivity index (χ2v) is 7.68. The van der Waals surface area contributed by atoms with E-state index < -0.39 is 11.6 Å². The molecule has 0 aliphatic heterocycles. The molecule has 0 amide bonds. The lowest BCUT2D eigenvalue weighted by Gasteiger charge is -2.56. The third kappa shape index (κ3) is 3.12. The van der Waals surface area contributed by atoms with Crippen LogP contribution in [0.2, 0.25) is 0 Å². The van der Waals surface area contributed by atoms with Crippen molar-refractivity contribution >= 4 is 11.7 Å². The maximum Gasteiger partial charge on any atom is 0.423 e. The van der Waals surface area contributed by atoms with Gasteiger partial charge < -0.3 is 15.0 Å². The van der Waals surface area contributed by atoms with Crippen LogP contribution in [-0.2, 0) is 15.1 Å². The Hall–Kier alpha value is -2.91. The molecule has 2 aromatic carbocycles. The maximum atomic E-state index is 13.0. The number of rotatable bonds is 5. The fourth-order valence-electron chi connectivity index (χ4n) is 4.85. The molecule has 5 nitrogen and oxygen atoms in total. The van der Waals surface area contributed by atoms with Gasteiger partial charge >= 0.3 is 11.7 Å². The highest BCUT2D eigenvalue weighted by molar-refractivity contribution is 6.40. The molecule has 5 heteroatoms. The van der Waals surface area contributed by atoms with Crippen LogP contribution in [0.1, 0.15) is 43.2 Å². The van der Waals surface area contributed by atoms with E-state index in [2.05, 4.69) is 4.79 Å². The maximum absolute atomic E-state index is 13.0. The summed E-state index contributed by atoms with van der Waals surface area (Å²) in [6.07, 6.45) is 5.48. The monoisotopic (exact) mass is 376 g/mol. The number of nitrogens with zero attached hydrogens (tertiary/aromatic N) is 2. The van der Waals surface area contributed by atoms with Gasteiger partial charge in [-0.2, -0.15) is 4.79 Å². The smallest absolute Gasteiger partial charge is 0.423 e. The van der Waals surface area contributed by atoms with Crippen molar-refractivity contribution in [3.8, 4) is 5.75 Å². The number of hydrogen-bond donors (Lipinski definition) is 0. The highest BCUT2D eigenvalue weighted by Crippen LogP contribution is 2.59. The first-order valence-corrected chi connectivity index (χ1v) is 9.83. The molecule has 2 fully saturated rings. The molecule has 0 spiro atoms. The zero-order valence-corrected chi connectivity index (χ0v) is 16.0. The fourth-order valence-corrected chi connectivity index (χ4v) is 4.85. The number of carbonyl (C=O) groups is 1. The Bertz CT molecular complexity index is 903. The Kier molecular flexibility index (Phi) is 5.01. The molecule has 2 aliphatic carbocycles. The summed E-state index contributed by atoms with van der Waals surface area (Å²) in [5.74, 6) is 0.986. The first kappa shape index (κ1) is 18.5. The van der Waals surface area contributed by atoms with Crippen LogP contribution in [0.15, 0.2) is 54.6 Å². The summed E-state index contributed by atoms with van der Waals surface area (Å²) in [6, 6.07) is 16.8. The van der Waals surface area contributed by atoms with Crippen LogP contribution in [0.5, 0.6) is 5.75 Å². The Morgan fingerprint density at radius 2 is 1.79 bits per heavy atom. The minimum Gasteiger partial charge on any atom is -0.497 e. The van der Waals surface area contributed by atoms with Crippen LogP contribution < -0.4 is 4.74 Å². The van der Waals surface area contributed by atoms with Gasteiger partial charge in [-0.05, 0) is 55.0 Å². The molecule has 2 aromatic rings. The molecule has 2 saturated carbocycles. The van der Waals surface area contributed by atoms with Crippen molar-refractivity contribution < 1.29 is 19.1 Å². The van der Waals surface area contributed by atoms with Gasteiger partial charge in [-0.3, -0.25) is 0 Å². The van der Waals surface area contributed by atoms with Crippen molar-refractivity contribution in [1.29, 1.82) is 0 Å². The molecule has 4 rings (SSSR count). The summed E-state index contributed by atoms with van der Waals surface area (Å²) in [4.78, 5) is 16.3. The molecular weight excluding hydrogens is 352 g/mol. The number of benzene rings is 2. The number of esters is 1. The first-order valence-electron chi connectivity index (χ1n) is 9.83. The van der Waals surface area contributed by atoms with Crippen LogP contribution >= 0.6 is 0 Å². The predicted molar refractivity (Wildman–Crippen MR) is 105 cm³/mol. The number of hydrogen-bond acceptors (Lipinski definition) is 3. The second kappa shape index (κ2) is 7.61. The average molecular weight is 376 g/mol. The van der Waals surface area contributed by atoms with Crippen molar-refractivity contribution in [3.05, 3.63) is 71.3 Å². The van der Waals surface area contributed by atoms with Gasteiger partial charge in [-0.15, -0.1) is 0 Å². The van der Waals surface area contributed by atoms with Gasteiger partial charge in [-0.25, -0.2) is 4.79 Å². The molecule has 2 aliphatic rings. The third-order valence-corrected chi connectivity index (χ3v) is 6.27. The van der Waals surface area contributed by atoms with Crippen LogP contribution in [0.25, 0.3) is 5.53 Å². The third-order valence-electron chi connectivity index (χ3n) is 6.27. The highest BCUT2D eigenvalue weighted by Gasteiger charge is 2.58. The van der Waals surface area contributed by atoms with Crippen molar-refractivity contribution in [3.63, 3.8) is 0 Å². The number of carbonyl (C=O) groups excluding carboxylic acids is 1. The second-order valence-electron chi connectivity index (χ2n) is 7.68. The molecule has 0 heterocycles. The lowest BCUT2D eigenvalue weighted by molar-refractivity contribution is -0.203. The van der Waals surface area contributed by atoms with E-state index in [1.165, 1.54) is 12.8 Å². The van der Waals surface area contributed by atoms with Crippen LogP contribution in [0.4, 0.5) is 0 Å². The van der Waals surface area contributed by atoms with E-state index in [1.54, 1.807) is 31.4 Å². The fraction of sp³-hybridized carbons (Fsp3) is 0.391. The molecule has 0 unspecified atom stereocenters. The number of ether oxygens (including phenoxy) is 2. The molecule has 0 radical (unpaired) electrons. The quantitative estimate of drug-likeness (QED) is 0.337. The van der Waals surface area contributed by atoms with E-state index in [0.717, 1.165) is 24.8 Å². The molecule has 0 N–H and O–H groups in total. The summed E-state index contributed by atoms with van der Waals surface area (Å²) in [5, 5.41) is 0. The van der Waals surface area contributed by atoms with Crippen LogP contribution in [0, 0.1) is 11.8 Å². The minimum absolute atomic E-state index is 0.0859. The summed E-state index contributed by atoms with van der Waals surface area (Å²) in [7, 11) is 1.57. The first-order chi connectivity index (χ1) is 13.7. The average Bonchev–Trinajstić information content (AvgIpc) is 2.73. The molecule has 0 saturated heterocycles. The molecule has 28 heavy (non-hydrogen) atoms. The lowest BCUT2D eigenvalue weighted by atomic mass is 9.53. The van der Waals surface area contributed by atoms with Crippen LogP contribution in [-0.4, -0.2) is 23.6 Å². The van der Waals surface area contributed by atoms with Crippen molar-refractivity contribution in [1.82, 2.24) is 0 Å². The lowest BCUT2D eigenvalue weighted by Crippen LogP contribution is -2.56. The van der Waals surface area contributed by atoms with Gasteiger partial charge in [0.05, 0.1) is 12.7 Å². The summed E-state index contributed by atoms with van der Waals surface area (Å²) in [5.41, 5.74) is 10.3. The predicted octanol–water partition coefficient (Wildman–Crippen LogP) is 4.36. The Morgan fingerprint density at radius 3 is 2.43 bits per heavy atom. The molecule has 0 aromatic heterocycles. The summed E-state index contributed by atoms with van der Waals surface area (Å²) in [6.45, 7) is 0. The van der Waals surface area contributed by atoms with Crippen molar-refractivity contribution in [2.24, 2.45) is 11.8 Å². The van der Waals surface area contributed by atoms with Gasteiger partial charge in [0.1, 0.15) is 11.4 Å². The van der Waals surface area contributed by atoms with E-state index in [1.807, 2.05) is 30.3 Å². The molecule has 3 atom stereocenters. The van der Waals surface area contributed by atoms with E-state index in [0.29, 0.717) is 23.1 Å². The summed E-state index contributed by atoms with van der Waals surface area (Å²) >= 11 is 0. The zero-order valence-electron chi connectivity index (χ0n) is 16.0. The van der Waals surface area contributed by atoms with Gasteiger partial charge in [0.2, 0.25) is 0 Å². The Labute approximate surface area is 164 Å². The standard InChI is InChI=1S/C23H24N2O3/c1-27-19-13-11-16(12-14-19)21(25-24)22(26)28-23(18-8-3-2-4-9-18)15-17-7-5-6-10-20(17)23/h2-4,8-9,11-14,17,20H,5-7,10,15H2,1H3/t17-,20+,23+/m0/s1. The van der Waals surface area contributed by atoms with E-state index >= 15 is 0 Å². The number of methoxy groups -OCH3 is 1. The number of fused-ring (bicyclic) bond motifs is 1. The Balaban J connectivity index is 1.63. The Morgan fingerprint density at radius 1 is 1.07 bits per heavy atom. The van der Waals surface area contributed by atoms with E-state index in [9.17, 15) is 10.3 Å². The molecule has 0 bridgehead atoms. The summed E-state index contributed by atoms with van der Waals surface area (Å²) < 4.78 is 11.3. The molecular formula is C23H24N2O3. The van der Waals surface area contributed by atoms with Crippen molar-refractivity contribution in [2.45, 2.75) is 37.7 Å². The molecule has 144 valence electrons. The van der Waals surface area contributed by atoms with Gasteiger partial charge in [0, 0.05) is 5.92 Å².